The molecule has 0 saturated heterocycles. The Kier molecular flexibility index (Phi) is 2.19. The van der Waals surface area contributed by atoms with Crippen molar-refractivity contribution in [1.29, 1.82) is 0 Å². The summed E-state index contributed by atoms with van der Waals surface area (Å²) in [6.45, 7) is 0. The Morgan fingerprint density at radius 3 is 2.87 bits per heavy atom. The van der Waals surface area contributed by atoms with E-state index in [4.69, 9.17) is 9.84 Å². The molecule has 2 rings (SSSR count). The minimum absolute atomic E-state index is 0.0328. The zero-order valence-electron chi connectivity index (χ0n) is 8.19. The zero-order valence-corrected chi connectivity index (χ0v) is 8.19. The Labute approximate surface area is 86.5 Å². The van der Waals surface area contributed by atoms with E-state index in [0.717, 1.165) is 0 Å². The van der Waals surface area contributed by atoms with Crippen LogP contribution in [0.2, 0.25) is 0 Å². The van der Waals surface area contributed by atoms with E-state index in [1.54, 1.807) is 18.2 Å². The number of rotatable bonds is 2. The van der Waals surface area contributed by atoms with Gasteiger partial charge in [-0.05, 0) is 11.6 Å². The van der Waals surface area contributed by atoms with E-state index in [0.29, 0.717) is 16.9 Å². The van der Waals surface area contributed by atoms with Crippen LogP contribution >= 0.6 is 0 Å². The average Bonchev–Trinajstić information content (AvgIpc) is 2.56. The first-order valence-corrected chi connectivity index (χ1v) is 4.58. The van der Waals surface area contributed by atoms with Gasteiger partial charge in [0.25, 0.3) is 0 Å². The Morgan fingerprint density at radius 1 is 1.53 bits per heavy atom. The molecule has 1 aliphatic carbocycles. The monoisotopic (exact) mass is 206 g/mol. The van der Waals surface area contributed by atoms with Crippen LogP contribution in [0, 0.1) is 0 Å². The summed E-state index contributed by atoms with van der Waals surface area (Å²) >= 11 is 0. The van der Waals surface area contributed by atoms with Gasteiger partial charge < -0.3 is 9.84 Å². The van der Waals surface area contributed by atoms with Gasteiger partial charge in [0.2, 0.25) is 0 Å². The highest BCUT2D eigenvalue weighted by molar-refractivity contribution is 6.07. The Hall–Kier alpha value is -1.84. The van der Waals surface area contributed by atoms with Crippen molar-refractivity contribution in [3.8, 4) is 5.75 Å². The molecule has 0 aliphatic heterocycles. The minimum atomic E-state index is -0.963. The second-order valence-electron chi connectivity index (χ2n) is 3.44. The lowest BCUT2D eigenvalue weighted by atomic mass is 10.0. The van der Waals surface area contributed by atoms with Crippen LogP contribution < -0.4 is 4.74 Å². The van der Waals surface area contributed by atoms with Crippen molar-refractivity contribution in [2.75, 3.05) is 7.11 Å². The summed E-state index contributed by atoms with van der Waals surface area (Å²) in [4.78, 5) is 22.5. The standard InChI is InChI=1S/C11H10O4/c1-15-9-4-2-3-6-7(11(13)14)5-8(12)10(6)9/h2-4,7H,5H2,1H3,(H,13,14). The summed E-state index contributed by atoms with van der Waals surface area (Å²) in [7, 11) is 1.47. The fourth-order valence-corrected chi connectivity index (χ4v) is 1.92. The highest BCUT2D eigenvalue weighted by Crippen LogP contribution is 2.38. The number of carboxylic acid groups (broad SMARTS) is 1. The summed E-state index contributed by atoms with van der Waals surface area (Å²) < 4.78 is 5.04. The van der Waals surface area contributed by atoms with Crippen molar-refractivity contribution in [2.45, 2.75) is 12.3 Å². The first kappa shape index (κ1) is 9.71. The molecular formula is C11H10O4. The molecule has 0 aromatic heterocycles. The van der Waals surface area contributed by atoms with Crippen molar-refractivity contribution < 1.29 is 19.4 Å². The molecule has 78 valence electrons. The number of ketones is 1. The predicted octanol–water partition coefficient (Wildman–Crippen LogP) is 1.45. The third kappa shape index (κ3) is 1.38. The molecule has 0 radical (unpaired) electrons. The van der Waals surface area contributed by atoms with E-state index in [2.05, 4.69) is 0 Å². The van der Waals surface area contributed by atoms with Crippen LogP contribution in [0.15, 0.2) is 18.2 Å². The van der Waals surface area contributed by atoms with E-state index in [9.17, 15) is 9.59 Å². The van der Waals surface area contributed by atoms with Crippen molar-refractivity contribution in [3.05, 3.63) is 29.3 Å². The van der Waals surface area contributed by atoms with Crippen LogP contribution in [0.1, 0.15) is 28.3 Å². The van der Waals surface area contributed by atoms with Gasteiger partial charge in [-0.2, -0.15) is 0 Å². The van der Waals surface area contributed by atoms with Crippen LogP contribution in [0.4, 0.5) is 0 Å². The van der Waals surface area contributed by atoms with Gasteiger partial charge in [-0.15, -0.1) is 0 Å². The fraction of sp³-hybridized carbons (Fsp3) is 0.273. The van der Waals surface area contributed by atoms with Gasteiger partial charge in [0.15, 0.2) is 5.78 Å². The second-order valence-corrected chi connectivity index (χ2v) is 3.44. The van der Waals surface area contributed by atoms with E-state index in [1.807, 2.05) is 0 Å². The lowest BCUT2D eigenvalue weighted by Crippen LogP contribution is -2.08. The number of fused-ring (bicyclic) bond motifs is 1. The van der Waals surface area contributed by atoms with E-state index in [-0.39, 0.29) is 12.2 Å². The smallest absolute Gasteiger partial charge is 0.311 e. The lowest BCUT2D eigenvalue weighted by molar-refractivity contribution is -0.138. The molecule has 4 nitrogen and oxygen atoms in total. The SMILES string of the molecule is COc1cccc2c1C(=O)CC2C(=O)O. The largest absolute Gasteiger partial charge is 0.496 e. The van der Waals surface area contributed by atoms with E-state index < -0.39 is 11.9 Å². The van der Waals surface area contributed by atoms with Gasteiger partial charge in [-0.3, -0.25) is 9.59 Å². The third-order valence-electron chi connectivity index (χ3n) is 2.62. The molecule has 1 aromatic carbocycles. The number of benzene rings is 1. The van der Waals surface area contributed by atoms with Crippen molar-refractivity contribution in [1.82, 2.24) is 0 Å². The van der Waals surface area contributed by atoms with Gasteiger partial charge in [-0.1, -0.05) is 12.1 Å². The minimum Gasteiger partial charge on any atom is -0.496 e. The summed E-state index contributed by atoms with van der Waals surface area (Å²) in [5.74, 6) is -1.38. The molecule has 1 unspecified atom stereocenters. The summed E-state index contributed by atoms with van der Waals surface area (Å²) in [6, 6.07) is 5.04. The Morgan fingerprint density at radius 2 is 2.27 bits per heavy atom. The van der Waals surface area contributed by atoms with Crippen LogP contribution in [0.5, 0.6) is 5.75 Å². The number of carboxylic acids is 1. The second kappa shape index (κ2) is 3.38. The molecule has 4 heteroatoms. The number of hydrogen-bond donors (Lipinski definition) is 1. The number of ether oxygens (including phenoxy) is 1. The number of aliphatic carboxylic acids is 1. The highest BCUT2D eigenvalue weighted by atomic mass is 16.5. The van der Waals surface area contributed by atoms with Crippen molar-refractivity contribution in [2.24, 2.45) is 0 Å². The molecule has 15 heavy (non-hydrogen) atoms. The molecule has 0 spiro atoms. The van der Waals surface area contributed by atoms with Crippen molar-refractivity contribution >= 4 is 11.8 Å². The molecule has 1 aromatic rings. The summed E-state index contributed by atoms with van der Waals surface area (Å²) in [5, 5.41) is 8.95. The van der Waals surface area contributed by atoms with Gasteiger partial charge in [0.05, 0.1) is 18.6 Å². The highest BCUT2D eigenvalue weighted by Gasteiger charge is 2.36. The maximum Gasteiger partial charge on any atom is 0.311 e. The number of methoxy groups -OCH3 is 1. The molecule has 1 N–H and O–H groups in total. The third-order valence-corrected chi connectivity index (χ3v) is 2.62. The molecule has 0 bridgehead atoms. The summed E-state index contributed by atoms with van der Waals surface area (Å²) in [5.41, 5.74) is 0.985. The molecule has 1 atom stereocenters. The first-order chi connectivity index (χ1) is 7.15. The number of hydrogen-bond acceptors (Lipinski definition) is 3. The maximum atomic E-state index is 11.6. The maximum absolute atomic E-state index is 11.6. The Bertz CT molecular complexity index is 436. The van der Waals surface area contributed by atoms with Gasteiger partial charge in [-0.25, -0.2) is 0 Å². The summed E-state index contributed by atoms with van der Waals surface area (Å²) in [6.07, 6.45) is 0.0328. The zero-order chi connectivity index (χ0) is 11.0. The quantitative estimate of drug-likeness (QED) is 0.795. The predicted molar refractivity (Wildman–Crippen MR) is 52.3 cm³/mol. The molecular weight excluding hydrogens is 196 g/mol. The average molecular weight is 206 g/mol. The lowest BCUT2D eigenvalue weighted by Gasteiger charge is -2.07. The van der Waals surface area contributed by atoms with E-state index >= 15 is 0 Å². The van der Waals surface area contributed by atoms with Crippen LogP contribution in [0.3, 0.4) is 0 Å². The molecule has 0 saturated carbocycles. The van der Waals surface area contributed by atoms with Crippen molar-refractivity contribution in [3.63, 3.8) is 0 Å². The van der Waals surface area contributed by atoms with Crippen LogP contribution in [-0.2, 0) is 4.79 Å². The fourth-order valence-electron chi connectivity index (χ4n) is 1.92. The van der Waals surface area contributed by atoms with Gasteiger partial charge in [0, 0.05) is 6.42 Å². The number of carbonyl (C=O) groups is 2. The molecule has 0 amide bonds. The van der Waals surface area contributed by atoms with Crippen LogP contribution in [-0.4, -0.2) is 24.0 Å². The van der Waals surface area contributed by atoms with Gasteiger partial charge in [0.1, 0.15) is 5.75 Å². The molecule has 0 fully saturated rings. The first-order valence-electron chi connectivity index (χ1n) is 4.58. The van der Waals surface area contributed by atoms with Crippen LogP contribution in [0.25, 0.3) is 0 Å². The normalized spacial score (nSPS) is 18.7. The molecule has 1 aliphatic rings. The number of carbonyl (C=O) groups excluding carboxylic acids is 1. The topological polar surface area (TPSA) is 63.6 Å². The Balaban J connectivity index is 2.58. The molecule has 0 heterocycles. The van der Waals surface area contributed by atoms with E-state index in [1.165, 1.54) is 7.11 Å². The number of Topliss-reactive ketones (excluding diaryl/α,β-unsaturated/α-hetero) is 1. The van der Waals surface area contributed by atoms with Gasteiger partial charge >= 0.3 is 5.97 Å².